The maximum absolute atomic E-state index is 12.2. The number of pyridine rings is 1. The summed E-state index contributed by atoms with van der Waals surface area (Å²) in [5, 5.41) is 11.7. The Hall–Kier alpha value is -3.89. The molecule has 0 bridgehead atoms. The van der Waals surface area contributed by atoms with E-state index in [9.17, 15) is 4.79 Å². The summed E-state index contributed by atoms with van der Waals surface area (Å²) in [7, 11) is 1.76. The van der Waals surface area contributed by atoms with Gasteiger partial charge in [-0.2, -0.15) is 5.26 Å². The molecule has 172 valence electrons. The van der Waals surface area contributed by atoms with E-state index < -0.39 is 0 Å². The van der Waals surface area contributed by atoms with Crippen molar-refractivity contribution in [2.75, 3.05) is 31.6 Å². The molecule has 7 heteroatoms. The lowest BCUT2D eigenvalue weighted by atomic mass is 9.97. The molecule has 7 nitrogen and oxygen atoms in total. The lowest BCUT2D eigenvalue weighted by Gasteiger charge is -2.31. The molecule has 0 saturated carbocycles. The minimum Gasteiger partial charge on any atom is -0.466 e. The van der Waals surface area contributed by atoms with Crippen molar-refractivity contribution < 1.29 is 9.53 Å². The molecule has 1 saturated heterocycles. The van der Waals surface area contributed by atoms with Gasteiger partial charge in [-0.15, -0.1) is 0 Å². The second-order valence-corrected chi connectivity index (χ2v) is 8.82. The number of likely N-dealkylation sites (N-methyl/N-ethyl adjacent to an activating group) is 1. The van der Waals surface area contributed by atoms with E-state index in [-0.39, 0.29) is 12.5 Å². The van der Waals surface area contributed by atoms with Gasteiger partial charge in [-0.1, -0.05) is 54.6 Å². The van der Waals surface area contributed by atoms with Crippen molar-refractivity contribution in [1.29, 1.82) is 5.26 Å². The molecule has 0 unspecified atom stereocenters. The molecule has 5 rings (SSSR count). The predicted octanol–water partition coefficient (Wildman–Crippen LogP) is 3.81. The molecule has 3 heterocycles. The molecule has 1 N–H and O–H groups in total. The summed E-state index contributed by atoms with van der Waals surface area (Å²) in [5.74, 6) is 0.396. The van der Waals surface area contributed by atoms with Crippen LogP contribution in [0.4, 0.5) is 5.69 Å². The van der Waals surface area contributed by atoms with Gasteiger partial charge >= 0.3 is 0 Å². The Morgan fingerprint density at radius 1 is 1.09 bits per heavy atom. The molecule has 0 spiro atoms. The Morgan fingerprint density at radius 2 is 1.82 bits per heavy atom. The van der Waals surface area contributed by atoms with Gasteiger partial charge in [0, 0.05) is 43.9 Å². The summed E-state index contributed by atoms with van der Waals surface area (Å²) in [5.41, 5.74) is 5.77. The van der Waals surface area contributed by atoms with Crippen LogP contribution in [-0.2, 0) is 11.3 Å². The molecule has 2 aliphatic heterocycles. The molecule has 0 radical (unpaired) electrons. The van der Waals surface area contributed by atoms with Crippen molar-refractivity contribution in [3.63, 3.8) is 0 Å². The second kappa shape index (κ2) is 9.54. The Kier molecular flexibility index (Phi) is 6.15. The molecule has 1 fully saturated rings. The average molecular weight is 454 g/mol. The van der Waals surface area contributed by atoms with Crippen LogP contribution in [0.15, 0.2) is 60.7 Å². The highest BCUT2D eigenvalue weighted by Crippen LogP contribution is 2.39. The van der Waals surface area contributed by atoms with Crippen LogP contribution in [0, 0.1) is 11.5 Å². The van der Waals surface area contributed by atoms with E-state index in [0.717, 1.165) is 54.9 Å². The van der Waals surface area contributed by atoms with Crippen molar-refractivity contribution in [2.24, 2.45) is 0 Å². The van der Waals surface area contributed by atoms with Gasteiger partial charge < -0.3 is 15.0 Å². The number of benzene rings is 2. The zero-order valence-electron chi connectivity index (χ0n) is 19.2. The lowest BCUT2D eigenvalue weighted by Crippen LogP contribution is -2.40. The van der Waals surface area contributed by atoms with E-state index in [1.807, 2.05) is 24.3 Å². The first-order chi connectivity index (χ1) is 16.6. The van der Waals surface area contributed by atoms with Gasteiger partial charge in [0.1, 0.15) is 5.69 Å². The Labute approximate surface area is 199 Å². The van der Waals surface area contributed by atoms with Gasteiger partial charge in [0.05, 0.1) is 5.69 Å². The third-order valence-corrected chi connectivity index (χ3v) is 6.61. The number of nitrogens with one attached hydrogen (secondary N) is 1. The molecule has 34 heavy (non-hydrogen) atoms. The number of ether oxygens (including phenoxy) is 1. The summed E-state index contributed by atoms with van der Waals surface area (Å²) in [6, 6.07) is 20.9. The van der Waals surface area contributed by atoms with Crippen LogP contribution in [-0.4, -0.2) is 48.6 Å². The third kappa shape index (κ3) is 4.45. The summed E-state index contributed by atoms with van der Waals surface area (Å²) in [6.45, 7) is 2.85. The monoisotopic (exact) mass is 453 g/mol. The van der Waals surface area contributed by atoms with Gasteiger partial charge in [0.25, 0.3) is 5.91 Å². The number of nitriles is 1. The molecular weight excluding hydrogens is 426 g/mol. The Balaban J connectivity index is 1.42. The van der Waals surface area contributed by atoms with Gasteiger partial charge in [0.15, 0.2) is 12.8 Å². The quantitative estimate of drug-likeness (QED) is 0.467. The highest BCUT2D eigenvalue weighted by Gasteiger charge is 2.26. The van der Waals surface area contributed by atoms with Crippen LogP contribution < -0.4 is 15.0 Å². The minimum atomic E-state index is -0.0853. The summed E-state index contributed by atoms with van der Waals surface area (Å²) in [6.07, 6.45) is 4.04. The molecule has 3 aromatic rings. The zero-order valence-corrected chi connectivity index (χ0v) is 19.2. The lowest BCUT2D eigenvalue weighted by molar-refractivity contribution is -0.121. The summed E-state index contributed by atoms with van der Waals surface area (Å²) >= 11 is 0. The number of likely N-dealkylation sites (tertiary alicyclic amines) is 1. The number of amides is 1. The number of hydrogen-bond acceptors (Lipinski definition) is 6. The Bertz CT molecular complexity index is 1210. The zero-order chi connectivity index (χ0) is 23.5. The number of carbonyl (C=O) groups is 1. The number of anilines is 1. The molecule has 0 atom stereocenters. The first-order valence-corrected chi connectivity index (χ1v) is 11.6. The van der Waals surface area contributed by atoms with Crippen molar-refractivity contribution >= 4 is 11.6 Å². The van der Waals surface area contributed by atoms with E-state index in [2.05, 4.69) is 52.8 Å². The molecule has 2 aromatic carbocycles. The number of carbonyl (C=O) groups excluding carboxylic acids is 1. The fraction of sp³-hybridized carbons (Fsp3) is 0.296. The van der Waals surface area contributed by atoms with Gasteiger partial charge in [-0.3, -0.25) is 9.69 Å². The third-order valence-electron chi connectivity index (χ3n) is 6.61. The molecular formula is C27H27N5O2. The van der Waals surface area contributed by atoms with Crippen LogP contribution in [0.3, 0.4) is 0 Å². The number of aromatic nitrogens is 1. The van der Waals surface area contributed by atoms with E-state index >= 15 is 0 Å². The summed E-state index contributed by atoms with van der Waals surface area (Å²) in [4.78, 5) is 21.1. The van der Waals surface area contributed by atoms with Crippen LogP contribution in [0.2, 0.25) is 0 Å². The normalized spacial score (nSPS) is 16.5. The van der Waals surface area contributed by atoms with Crippen LogP contribution in [0.25, 0.3) is 22.4 Å². The standard InChI is InChI=1S/C27H27N5O2/c1-31-24-15-23(20-5-3-2-4-6-20)26(30-27(24)34-17-25(31)33)21-9-7-19(8-10-21)16-32-13-11-22(12-14-32)29-18-28/h2-10,15,22,29H,11-14,16-17H2,1H3. The molecule has 1 amide bonds. The molecule has 0 aliphatic carbocycles. The predicted molar refractivity (Wildman–Crippen MR) is 131 cm³/mol. The first kappa shape index (κ1) is 21.9. The van der Waals surface area contributed by atoms with E-state index in [0.29, 0.717) is 17.6 Å². The van der Waals surface area contributed by atoms with Gasteiger partial charge in [-0.05, 0) is 30.0 Å². The van der Waals surface area contributed by atoms with Crippen LogP contribution in [0.5, 0.6) is 5.88 Å². The number of rotatable bonds is 5. The smallest absolute Gasteiger partial charge is 0.264 e. The fourth-order valence-electron chi connectivity index (χ4n) is 4.60. The van der Waals surface area contributed by atoms with E-state index in [1.165, 1.54) is 5.56 Å². The van der Waals surface area contributed by atoms with Crippen molar-refractivity contribution in [3.8, 4) is 34.5 Å². The number of fused-ring (bicyclic) bond motifs is 1. The van der Waals surface area contributed by atoms with Crippen molar-refractivity contribution in [3.05, 3.63) is 66.2 Å². The largest absolute Gasteiger partial charge is 0.466 e. The van der Waals surface area contributed by atoms with E-state index in [4.69, 9.17) is 15.0 Å². The van der Waals surface area contributed by atoms with Crippen molar-refractivity contribution in [1.82, 2.24) is 15.2 Å². The Morgan fingerprint density at radius 3 is 2.53 bits per heavy atom. The van der Waals surface area contributed by atoms with Gasteiger partial charge in [0.2, 0.25) is 5.88 Å². The minimum absolute atomic E-state index is 0.000139. The summed E-state index contributed by atoms with van der Waals surface area (Å²) < 4.78 is 5.68. The fourth-order valence-corrected chi connectivity index (χ4v) is 4.60. The number of hydrogen-bond donors (Lipinski definition) is 1. The van der Waals surface area contributed by atoms with Crippen LogP contribution >= 0.6 is 0 Å². The second-order valence-electron chi connectivity index (χ2n) is 8.82. The first-order valence-electron chi connectivity index (χ1n) is 11.6. The van der Waals surface area contributed by atoms with Gasteiger partial charge in [-0.25, -0.2) is 4.98 Å². The molecule has 2 aliphatic rings. The average Bonchev–Trinajstić information content (AvgIpc) is 2.88. The topological polar surface area (TPSA) is 81.5 Å². The van der Waals surface area contributed by atoms with E-state index in [1.54, 1.807) is 11.9 Å². The highest BCUT2D eigenvalue weighted by molar-refractivity contribution is 5.98. The highest BCUT2D eigenvalue weighted by atomic mass is 16.5. The number of nitrogens with zero attached hydrogens (tertiary/aromatic N) is 4. The van der Waals surface area contributed by atoms with Crippen molar-refractivity contribution in [2.45, 2.75) is 25.4 Å². The SMILES string of the molecule is CN1C(=O)COc2nc(-c3ccc(CN4CCC(NC#N)CC4)cc3)c(-c3ccccc3)cc21. The van der Waals surface area contributed by atoms with Crippen LogP contribution in [0.1, 0.15) is 18.4 Å². The molecule has 1 aromatic heterocycles. The maximum Gasteiger partial charge on any atom is 0.264 e. The maximum atomic E-state index is 12.2. The number of piperidine rings is 1.